The highest BCUT2D eigenvalue weighted by Crippen LogP contribution is 2.14. The number of nitrogens with zero attached hydrogens (tertiary/aromatic N) is 1. The Balaban J connectivity index is 2.27. The highest BCUT2D eigenvalue weighted by molar-refractivity contribution is 6.31. The molecule has 0 saturated heterocycles. The number of rotatable bonds is 8. The highest BCUT2D eigenvalue weighted by Gasteiger charge is 2.06. The maximum Gasteiger partial charge on any atom is 0.0438 e. The third kappa shape index (κ3) is 5.38. The molecule has 0 radical (unpaired) electrons. The first kappa shape index (κ1) is 15.5. The van der Waals surface area contributed by atoms with Gasteiger partial charge in [-0.25, -0.2) is 0 Å². The maximum atomic E-state index is 6.13. The highest BCUT2D eigenvalue weighted by atomic mass is 35.5. The lowest BCUT2D eigenvalue weighted by molar-refractivity contribution is 0.272. The molecule has 0 amide bonds. The first-order chi connectivity index (χ1) is 8.67. The zero-order valence-corrected chi connectivity index (χ0v) is 12.5. The van der Waals surface area contributed by atoms with Gasteiger partial charge in [-0.2, -0.15) is 0 Å². The van der Waals surface area contributed by atoms with Gasteiger partial charge in [0.1, 0.15) is 0 Å². The Morgan fingerprint density at radius 2 is 1.89 bits per heavy atom. The van der Waals surface area contributed by atoms with Gasteiger partial charge in [0.05, 0.1) is 0 Å². The summed E-state index contributed by atoms with van der Waals surface area (Å²) in [5.41, 5.74) is 1.22. The van der Waals surface area contributed by atoms with Crippen molar-refractivity contribution in [2.75, 3.05) is 26.2 Å². The molecule has 1 aromatic rings. The average Bonchev–Trinajstić information content (AvgIpc) is 2.38. The molecule has 102 valence electrons. The number of halogens is 1. The summed E-state index contributed by atoms with van der Waals surface area (Å²) in [4.78, 5) is 2.44. The topological polar surface area (TPSA) is 15.3 Å². The number of likely N-dealkylation sites (N-methyl/N-ethyl adjacent to an activating group) is 1. The molecule has 0 spiro atoms. The summed E-state index contributed by atoms with van der Waals surface area (Å²) in [5.74, 6) is 0. The Bertz CT molecular complexity index is 337. The minimum absolute atomic E-state index is 0.521. The molecule has 1 N–H and O–H groups in total. The van der Waals surface area contributed by atoms with E-state index in [4.69, 9.17) is 11.6 Å². The number of nitrogens with one attached hydrogen (secondary N) is 1. The fourth-order valence-electron chi connectivity index (χ4n) is 2.09. The van der Waals surface area contributed by atoms with E-state index in [-0.39, 0.29) is 0 Å². The predicted octanol–water partition coefficient (Wildman–Crippen LogP) is 3.20. The van der Waals surface area contributed by atoms with E-state index in [1.165, 1.54) is 5.56 Å². The molecule has 1 unspecified atom stereocenters. The van der Waals surface area contributed by atoms with Gasteiger partial charge in [-0.05, 0) is 44.6 Å². The van der Waals surface area contributed by atoms with Gasteiger partial charge in [0, 0.05) is 17.6 Å². The Labute approximate surface area is 116 Å². The fourth-order valence-corrected chi connectivity index (χ4v) is 2.32. The number of hydrogen-bond acceptors (Lipinski definition) is 2. The van der Waals surface area contributed by atoms with Gasteiger partial charge in [0.25, 0.3) is 0 Å². The van der Waals surface area contributed by atoms with Gasteiger partial charge < -0.3 is 10.2 Å². The Morgan fingerprint density at radius 3 is 2.50 bits per heavy atom. The van der Waals surface area contributed by atoms with Gasteiger partial charge in [-0.15, -0.1) is 0 Å². The van der Waals surface area contributed by atoms with Crippen LogP contribution in [0.3, 0.4) is 0 Å². The lowest BCUT2D eigenvalue weighted by atomic mass is 10.1. The first-order valence-electron chi connectivity index (χ1n) is 6.86. The molecule has 2 nitrogen and oxygen atoms in total. The van der Waals surface area contributed by atoms with Crippen LogP contribution in [0.4, 0.5) is 0 Å². The van der Waals surface area contributed by atoms with Crippen molar-refractivity contribution >= 4 is 11.6 Å². The van der Waals surface area contributed by atoms with Crippen molar-refractivity contribution in [2.45, 2.75) is 33.2 Å². The van der Waals surface area contributed by atoms with Crippen LogP contribution in [-0.2, 0) is 6.42 Å². The van der Waals surface area contributed by atoms with Crippen molar-refractivity contribution in [3.05, 3.63) is 34.9 Å². The summed E-state index contributed by atoms with van der Waals surface area (Å²) in [6.45, 7) is 11.0. The number of benzene rings is 1. The van der Waals surface area contributed by atoms with Crippen molar-refractivity contribution in [2.24, 2.45) is 0 Å². The molecular formula is C15H25ClN2. The Hall–Kier alpha value is -0.570. The van der Waals surface area contributed by atoms with Crippen LogP contribution in [-0.4, -0.2) is 37.1 Å². The standard InChI is InChI=1S/C15H25ClN2/c1-4-18(5-2)12-13(3)17-11-10-14-8-6-7-9-15(14)16/h6-9,13,17H,4-5,10-12H2,1-3H3. The van der Waals surface area contributed by atoms with Gasteiger partial charge in [-0.3, -0.25) is 0 Å². The molecule has 0 heterocycles. The van der Waals surface area contributed by atoms with Crippen molar-refractivity contribution in [3.63, 3.8) is 0 Å². The summed E-state index contributed by atoms with van der Waals surface area (Å²) < 4.78 is 0. The third-order valence-electron chi connectivity index (χ3n) is 3.27. The van der Waals surface area contributed by atoms with Gasteiger partial charge >= 0.3 is 0 Å². The molecule has 1 rings (SSSR count). The average molecular weight is 269 g/mol. The minimum atomic E-state index is 0.521. The van der Waals surface area contributed by atoms with Crippen molar-refractivity contribution in [3.8, 4) is 0 Å². The summed E-state index contributed by atoms with van der Waals surface area (Å²) in [5, 5.41) is 4.43. The zero-order valence-electron chi connectivity index (χ0n) is 11.7. The van der Waals surface area contributed by atoms with Crippen LogP contribution in [0.15, 0.2) is 24.3 Å². The molecule has 18 heavy (non-hydrogen) atoms. The minimum Gasteiger partial charge on any atom is -0.313 e. The number of hydrogen-bond donors (Lipinski definition) is 1. The molecule has 0 aromatic heterocycles. The van der Waals surface area contributed by atoms with E-state index in [9.17, 15) is 0 Å². The van der Waals surface area contributed by atoms with Crippen molar-refractivity contribution in [1.82, 2.24) is 10.2 Å². The normalized spacial score (nSPS) is 12.9. The van der Waals surface area contributed by atoms with Crippen molar-refractivity contribution in [1.29, 1.82) is 0 Å². The second kappa shape index (κ2) is 8.52. The maximum absolute atomic E-state index is 6.13. The monoisotopic (exact) mass is 268 g/mol. The van der Waals surface area contributed by atoms with Gasteiger partial charge in [0.2, 0.25) is 0 Å². The van der Waals surface area contributed by atoms with E-state index < -0.39 is 0 Å². The molecule has 3 heteroatoms. The van der Waals surface area contributed by atoms with E-state index >= 15 is 0 Å². The van der Waals surface area contributed by atoms with E-state index in [1.54, 1.807) is 0 Å². The van der Waals surface area contributed by atoms with Crippen LogP contribution in [0.1, 0.15) is 26.3 Å². The Morgan fingerprint density at radius 1 is 1.22 bits per heavy atom. The molecule has 0 aliphatic carbocycles. The van der Waals surface area contributed by atoms with Crippen LogP contribution in [0, 0.1) is 0 Å². The first-order valence-corrected chi connectivity index (χ1v) is 7.24. The molecule has 0 aliphatic heterocycles. The molecule has 0 aliphatic rings. The van der Waals surface area contributed by atoms with E-state index in [2.05, 4.69) is 37.1 Å². The lowest BCUT2D eigenvalue weighted by Crippen LogP contribution is -2.39. The molecule has 0 saturated carbocycles. The SMILES string of the molecule is CCN(CC)CC(C)NCCc1ccccc1Cl. The van der Waals surface area contributed by atoms with Crippen LogP contribution < -0.4 is 5.32 Å². The fraction of sp³-hybridized carbons (Fsp3) is 0.600. The molecule has 0 bridgehead atoms. The smallest absolute Gasteiger partial charge is 0.0438 e. The predicted molar refractivity (Wildman–Crippen MR) is 80.4 cm³/mol. The van der Waals surface area contributed by atoms with E-state index in [0.717, 1.165) is 37.6 Å². The summed E-state index contributed by atoms with van der Waals surface area (Å²) in [7, 11) is 0. The van der Waals surface area contributed by atoms with Gasteiger partial charge in [0.15, 0.2) is 0 Å². The molecular weight excluding hydrogens is 244 g/mol. The van der Waals surface area contributed by atoms with Crippen LogP contribution in [0.5, 0.6) is 0 Å². The van der Waals surface area contributed by atoms with Crippen LogP contribution in [0.25, 0.3) is 0 Å². The third-order valence-corrected chi connectivity index (χ3v) is 3.64. The Kier molecular flexibility index (Phi) is 7.33. The second-order valence-corrected chi connectivity index (χ2v) is 5.09. The molecule has 1 atom stereocenters. The van der Waals surface area contributed by atoms with E-state index in [1.807, 2.05) is 18.2 Å². The van der Waals surface area contributed by atoms with Crippen LogP contribution in [0.2, 0.25) is 5.02 Å². The molecule has 0 fully saturated rings. The second-order valence-electron chi connectivity index (χ2n) is 4.68. The largest absolute Gasteiger partial charge is 0.313 e. The van der Waals surface area contributed by atoms with Crippen molar-refractivity contribution < 1.29 is 0 Å². The lowest BCUT2D eigenvalue weighted by Gasteiger charge is -2.23. The summed E-state index contributed by atoms with van der Waals surface area (Å²) in [6.07, 6.45) is 0.988. The van der Waals surface area contributed by atoms with Gasteiger partial charge in [-0.1, -0.05) is 43.6 Å². The molecule has 1 aromatic carbocycles. The van der Waals surface area contributed by atoms with Crippen LogP contribution >= 0.6 is 11.6 Å². The van der Waals surface area contributed by atoms with E-state index in [0.29, 0.717) is 6.04 Å². The summed E-state index contributed by atoms with van der Waals surface area (Å²) >= 11 is 6.13. The quantitative estimate of drug-likeness (QED) is 0.779. The summed E-state index contributed by atoms with van der Waals surface area (Å²) in [6, 6.07) is 8.59. The zero-order chi connectivity index (χ0) is 13.4.